The number of benzene rings is 1. The lowest BCUT2D eigenvalue weighted by Gasteiger charge is -2.07. The number of nitrogens with zero attached hydrogens (tertiary/aromatic N) is 1. The van der Waals surface area contributed by atoms with Crippen LogP contribution in [-0.4, -0.2) is 13.3 Å². The molecule has 0 atom stereocenters. The van der Waals surface area contributed by atoms with Crippen LogP contribution in [0, 0.1) is 5.92 Å². The molecule has 1 aromatic carbocycles. The van der Waals surface area contributed by atoms with Gasteiger partial charge in [-0.3, -0.25) is 4.99 Å². The van der Waals surface area contributed by atoms with Crippen molar-refractivity contribution in [3.8, 4) is 0 Å². The van der Waals surface area contributed by atoms with Crippen LogP contribution in [0.4, 0.5) is 5.69 Å². The Labute approximate surface area is 85.9 Å². The molecule has 0 unspecified atom stereocenters. The lowest BCUT2D eigenvalue weighted by atomic mass is 10.0. The summed E-state index contributed by atoms with van der Waals surface area (Å²) in [5.74, 6) is 0.667. The van der Waals surface area contributed by atoms with Gasteiger partial charge in [-0.25, -0.2) is 0 Å². The third kappa shape index (κ3) is 2.87. The molecule has 1 aromatic rings. The summed E-state index contributed by atoms with van der Waals surface area (Å²) in [6.45, 7) is 4.41. The number of aliphatic imine (C=N–C) groups is 1. The fraction of sp³-hybridized carbons (Fsp3) is 0.417. The largest absolute Gasteiger partial charge is 0.398 e. The summed E-state index contributed by atoms with van der Waals surface area (Å²) in [4.78, 5) is 3.95. The Morgan fingerprint density at radius 2 is 2.14 bits per heavy atom. The monoisotopic (exact) mass is 190 g/mol. The molecule has 0 saturated carbocycles. The molecule has 0 bridgehead atoms. The highest BCUT2D eigenvalue weighted by molar-refractivity contribution is 5.86. The Kier molecular flexibility index (Phi) is 3.69. The molecule has 0 aliphatic carbocycles. The van der Waals surface area contributed by atoms with Crippen molar-refractivity contribution in [3.63, 3.8) is 0 Å². The predicted molar refractivity (Wildman–Crippen MR) is 62.9 cm³/mol. The fourth-order valence-corrected chi connectivity index (χ4v) is 1.48. The molecule has 14 heavy (non-hydrogen) atoms. The Hall–Kier alpha value is -1.31. The van der Waals surface area contributed by atoms with Gasteiger partial charge in [0, 0.05) is 24.5 Å². The molecule has 2 nitrogen and oxygen atoms in total. The van der Waals surface area contributed by atoms with E-state index in [1.54, 1.807) is 13.3 Å². The van der Waals surface area contributed by atoms with E-state index in [9.17, 15) is 0 Å². The molecule has 0 radical (unpaired) electrons. The Balaban J connectivity index is 2.88. The van der Waals surface area contributed by atoms with Gasteiger partial charge in [0.05, 0.1) is 0 Å². The van der Waals surface area contributed by atoms with Crippen LogP contribution in [0.1, 0.15) is 25.0 Å². The summed E-state index contributed by atoms with van der Waals surface area (Å²) in [5.41, 5.74) is 9.00. The number of hydrogen-bond acceptors (Lipinski definition) is 2. The van der Waals surface area contributed by atoms with Crippen molar-refractivity contribution < 1.29 is 0 Å². The quantitative estimate of drug-likeness (QED) is 0.577. The lowest BCUT2D eigenvalue weighted by molar-refractivity contribution is 0.647. The maximum atomic E-state index is 5.89. The molecular formula is C12H18N2. The third-order valence-corrected chi connectivity index (χ3v) is 2.06. The van der Waals surface area contributed by atoms with Gasteiger partial charge < -0.3 is 5.73 Å². The number of anilines is 1. The molecule has 0 amide bonds. The van der Waals surface area contributed by atoms with Crippen molar-refractivity contribution in [1.82, 2.24) is 0 Å². The molecule has 0 saturated heterocycles. The standard InChI is InChI=1S/C12H18N2/c1-9(2)6-10-4-5-11(8-14-3)12(13)7-10/h4-5,7-9H,6,13H2,1-3H3. The number of rotatable bonds is 3. The molecule has 76 valence electrons. The normalized spacial score (nSPS) is 11.4. The van der Waals surface area contributed by atoms with E-state index >= 15 is 0 Å². The van der Waals surface area contributed by atoms with Crippen LogP contribution in [0.3, 0.4) is 0 Å². The second-order valence-corrected chi connectivity index (χ2v) is 3.95. The first-order chi connectivity index (χ1) is 6.63. The van der Waals surface area contributed by atoms with Crippen molar-refractivity contribution >= 4 is 11.9 Å². The van der Waals surface area contributed by atoms with E-state index in [1.165, 1.54) is 5.56 Å². The molecule has 0 aliphatic heterocycles. The summed E-state index contributed by atoms with van der Waals surface area (Å²) in [6, 6.07) is 6.18. The van der Waals surface area contributed by atoms with Crippen LogP contribution >= 0.6 is 0 Å². The van der Waals surface area contributed by atoms with Gasteiger partial charge in [-0.05, 0) is 24.0 Å². The van der Waals surface area contributed by atoms with Crippen LogP contribution in [0.25, 0.3) is 0 Å². The predicted octanol–water partition coefficient (Wildman–Crippen LogP) is 2.52. The number of hydrogen-bond donors (Lipinski definition) is 1. The smallest absolute Gasteiger partial charge is 0.0405 e. The summed E-state index contributed by atoms with van der Waals surface area (Å²) >= 11 is 0. The minimum Gasteiger partial charge on any atom is -0.398 e. The molecule has 2 heteroatoms. The van der Waals surface area contributed by atoms with Gasteiger partial charge in [-0.15, -0.1) is 0 Å². The van der Waals surface area contributed by atoms with Crippen molar-refractivity contribution in [2.45, 2.75) is 20.3 Å². The first-order valence-electron chi connectivity index (χ1n) is 4.94. The van der Waals surface area contributed by atoms with E-state index in [0.29, 0.717) is 5.92 Å². The molecule has 1 rings (SSSR count). The van der Waals surface area contributed by atoms with E-state index in [0.717, 1.165) is 17.7 Å². The van der Waals surface area contributed by atoms with E-state index in [2.05, 4.69) is 24.9 Å². The van der Waals surface area contributed by atoms with Crippen LogP contribution in [0.5, 0.6) is 0 Å². The zero-order chi connectivity index (χ0) is 10.6. The van der Waals surface area contributed by atoms with Gasteiger partial charge in [0.15, 0.2) is 0 Å². The maximum absolute atomic E-state index is 5.89. The van der Waals surface area contributed by atoms with E-state index in [1.807, 2.05) is 12.1 Å². The Bertz CT molecular complexity index is 327. The summed E-state index contributed by atoms with van der Waals surface area (Å²) < 4.78 is 0. The minimum absolute atomic E-state index is 0.667. The highest BCUT2D eigenvalue weighted by atomic mass is 14.6. The fourth-order valence-electron chi connectivity index (χ4n) is 1.48. The van der Waals surface area contributed by atoms with Gasteiger partial charge >= 0.3 is 0 Å². The average molecular weight is 190 g/mol. The van der Waals surface area contributed by atoms with Crippen molar-refractivity contribution in [3.05, 3.63) is 29.3 Å². The lowest BCUT2D eigenvalue weighted by Crippen LogP contribution is -1.98. The van der Waals surface area contributed by atoms with Crippen molar-refractivity contribution in [2.75, 3.05) is 12.8 Å². The molecule has 2 N–H and O–H groups in total. The first-order valence-corrected chi connectivity index (χ1v) is 4.94. The highest BCUT2D eigenvalue weighted by Gasteiger charge is 2.00. The van der Waals surface area contributed by atoms with Crippen molar-refractivity contribution in [2.24, 2.45) is 10.9 Å². The second-order valence-electron chi connectivity index (χ2n) is 3.95. The second kappa shape index (κ2) is 4.80. The molecule has 0 heterocycles. The summed E-state index contributed by atoms with van der Waals surface area (Å²) in [5, 5.41) is 0. The van der Waals surface area contributed by atoms with E-state index in [-0.39, 0.29) is 0 Å². The SMILES string of the molecule is CN=Cc1ccc(CC(C)C)cc1N. The van der Waals surface area contributed by atoms with Crippen LogP contribution in [-0.2, 0) is 6.42 Å². The maximum Gasteiger partial charge on any atom is 0.0405 e. The van der Waals surface area contributed by atoms with Gasteiger partial charge in [-0.2, -0.15) is 0 Å². The molecule has 0 aliphatic rings. The highest BCUT2D eigenvalue weighted by Crippen LogP contribution is 2.15. The molecule has 0 fully saturated rings. The van der Waals surface area contributed by atoms with Crippen LogP contribution < -0.4 is 5.73 Å². The zero-order valence-corrected chi connectivity index (χ0v) is 9.12. The van der Waals surface area contributed by atoms with Gasteiger partial charge in [-0.1, -0.05) is 26.0 Å². The zero-order valence-electron chi connectivity index (χ0n) is 9.12. The van der Waals surface area contributed by atoms with E-state index in [4.69, 9.17) is 5.73 Å². The van der Waals surface area contributed by atoms with Crippen LogP contribution in [0.2, 0.25) is 0 Å². The van der Waals surface area contributed by atoms with Gasteiger partial charge in [0.2, 0.25) is 0 Å². The third-order valence-electron chi connectivity index (χ3n) is 2.06. The van der Waals surface area contributed by atoms with Crippen molar-refractivity contribution in [1.29, 1.82) is 0 Å². The number of nitrogens with two attached hydrogens (primary N) is 1. The molecular weight excluding hydrogens is 172 g/mol. The Morgan fingerprint density at radius 1 is 1.43 bits per heavy atom. The topological polar surface area (TPSA) is 38.4 Å². The minimum atomic E-state index is 0.667. The average Bonchev–Trinajstić information content (AvgIpc) is 2.09. The molecule has 0 aromatic heterocycles. The van der Waals surface area contributed by atoms with Gasteiger partial charge in [0.25, 0.3) is 0 Å². The summed E-state index contributed by atoms with van der Waals surface area (Å²) in [7, 11) is 1.75. The Morgan fingerprint density at radius 3 is 2.64 bits per heavy atom. The van der Waals surface area contributed by atoms with Crippen LogP contribution in [0.15, 0.2) is 23.2 Å². The molecule has 0 spiro atoms. The van der Waals surface area contributed by atoms with Gasteiger partial charge in [0.1, 0.15) is 0 Å². The summed E-state index contributed by atoms with van der Waals surface area (Å²) in [6.07, 6.45) is 2.86. The van der Waals surface area contributed by atoms with E-state index < -0.39 is 0 Å². The first kappa shape index (κ1) is 10.8. The number of nitrogen functional groups attached to an aromatic ring is 1.